The lowest BCUT2D eigenvalue weighted by molar-refractivity contribution is 0.414. The van der Waals surface area contributed by atoms with Crippen molar-refractivity contribution in [1.82, 2.24) is 0 Å². The molecule has 2 rings (SSSR count). The molecule has 0 aliphatic carbocycles. The Bertz CT molecular complexity index is 491. The number of hydrogen-bond acceptors (Lipinski definition) is 2. The van der Waals surface area contributed by atoms with Gasteiger partial charge in [0.25, 0.3) is 0 Å². The molecule has 2 aromatic rings. The van der Waals surface area contributed by atoms with Crippen molar-refractivity contribution in [2.75, 3.05) is 7.11 Å². The summed E-state index contributed by atoms with van der Waals surface area (Å²) in [6.07, 6.45) is 0. The predicted molar refractivity (Wildman–Crippen MR) is 70.2 cm³/mol. The van der Waals surface area contributed by atoms with Crippen LogP contribution in [0.15, 0.2) is 54.6 Å². The largest absolute Gasteiger partial charge is 0.496 e. The summed E-state index contributed by atoms with van der Waals surface area (Å²) in [6.45, 7) is 0. The van der Waals surface area contributed by atoms with E-state index in [2.05, 4.69) is 0 Å². The van der Waals surface area contributed by atoms with Crippen molar-refractivity contribution in [3.05, 3.63) is 65.7 Å². The van der Waals surface area contributed by atoms with Crippen molar-refractivity contribution in [3.63, 3.8) is 0 Å². The molecule has 0 saturated carbocycles. The average Bonchev–Trinajstić information content (AvgIpc) is 2.39. The Morgan fingerprint density at radius 1 is 0.938 bits per heavy atom. The van der Waals surface area contributed by atoms with E-state index in [9.17, 15) is 0 Å². The van der Waals surface area contributed by atoms with Crippen LogP contribution in [0, 0.1) is 0 Å². The maximum absolute atomic E-state index is 5.46. The third kappa shape index (κ3) is 2.12. The zero-order valence-electron chi connectivity index (χ0n) is 9.01. The Hall–Kier alpha value is -1.67. The number of thiocarbonyl (C=S) groups is 1. The first-order valence-corrected chi connectivity index (χ1v) is 5.46. The fourth-order valence-corrected chi connectivity index (χ4v) is 1.88. The normalized spacial score (nSPS) is 9.81. The monoisotopic (exact) mass is 228 g/mol. The van der Waals surface area contributed by atoms with E-state index in [0.29, 0.717) is 0 Å². The van der Waals surface area contributed by atoms with Gasteiger partial charge >= 0.3 is 0 Å². The van der Waals surface area contributed by atoms with Crippen molar-refractivity contribution in [1.29, 1.82) is 0 Å². The van der Waals surface area contributed by atoms with Gasteiger partial charge in [-0.2, -0.15) is 0 Å². The summed E-state index contributed by atoms with van der Waals surface area (Å²) in [5.74, 6) is 0.816. The van der Waals surface area contributed by atoms with Gasteiger partial charge in [0, 0.05) is 5.56 Å². The Morgan fingerprint density at radius 3 is 2.25 bits per heavy atom. The van der Waals surface area contributed by atoms with E-state index >= 15 is 0 Å². The highest BCUT2D eigenvalue weighted by molar-refractivity contribution is 7.81. The zero-order chi connectivity index (χ0) is 11.4. The molecule has 0 saturated heterocycles. The topological polar surface area (TPSA) is 9.23 Å². The molecule has 16 heavy (non-hydrogen) atoms. The van der Waals surface area contributed by atoms with E-state index in [1.54, 1.807) is 7.11 Å². The Kier molecular flexibility index (Phi) is 3.32. The van der Waals surface area contributed by atoms with E-state index < -0.39 is 0 Å². The molecule has 0 aliphatic heterocycles. The van der Waals surface area contributed by atoms with Gasteiger partial charge in [0.15, 0.2) is 0 Å². The summed E-state index contributed by atoms with van der Waals surface area (Å²) in [6, 6.07) is 17.8. The third-order valence-corrected chi connectivity index (χ3v) is 2.84. The molecule has 0 spiro atoms. The molecule has 80 valence electrons. The molecule has 0 aromatic heterocycles. The van der Waals surface area contributed by atoms with Crippen LogP contribution in [-0.4, -0.2) is 12.0 Å². The number of ether oxygens (including phenoxy) is 1. The SMILES string of the molecule is COc1ccccc1C(=S)c1ccccc1. The van der Waals surface area contributed by atoms with Crippen molar-refractivity contribution < 1.29 is 4.74 Å². The van der Waals surface area contributed by atoms with Crippen molar-refractivity contribution in [2.24, 2.45) is 0 Å². The lowest BCUT2D eigenvalue weighted by Gasteiger charge is -2.09. The van der Waals surface area contributed by atoms with Gasteiger partial charge in [-0.15, -0.1) is 0 Å². The third-order valence-electron chi connectivity index (χ3n) is 2.39. The molecule has 0 fully saturated rings. The number of methoxy groups -OCH3 is 1. The van der Waals surface area contributed by atoms with E-state index in [1.807, 2.05) is 54.6 Å². The molecule has 0 N–H and O–H groups in total. The van der Waals surface area contributed by atoms with E-state index in [4.69, 9.17) is 17.0 Å². The minimum Gasteiger partial charge on any atom is -0.496 e. The van der Waals surface area contributed by atoms with Gasteiger partial charge in [0.1, 0.15) is 5.75 Å². The van der Waals surface area contributed by atoms with Crippen LogP contribution in [0.1, 0.15) is 11.1 Å². The van der Waals surface area contributed by atoms with Gasteiger partial charge in [-0.25, -0.2) is 0 Å². The molecule has 1 nitrogen and oxygen atoms in total. The number of benzene rings is 2. The van der Waals surface area contributed by atoms with Crippen LogP contribution in [0.2, 0.25) is 0 Å². The van der Waals surface area contributed by atoms with E-state index in [0.717, 1.165) is 21.7 Å². The second kappa shape index (κ2) is 4.90. The molecule has 0 unspecified atom stereocenters. The molecular weight excluding hydrogens is 216 g/mol. The summed E-state index contributed by atoms with van der Waals surface area (Å²) >= 11 is 5.46. The molecule has 0 radical (unpaired) electrons. The average molecular weight is 228 g/mol. The van der Waals surface area contributed by atoms with Gasteiger partial charge in [0.05, 0.1) is 12.0 Å². The first kappa shape index (κ1) is 10.8. The lowest BCUT2D eigenvalue weighted by atomic mass is 10.0. The Labute approximate surface area is 101 Å². The van der Waals surface area contributed by atoms with Crippen LogP contribution in [0.25, 0.3) is 0 Å². The summed E-state index contributed by atoms with van der Waals surface area (Å²) in [5, 5.41) is 0. The Balaban J connectivity index is 2.42. The van der Waals surface area contributed by atoms with Gasteiger partial charge in [-0.05, 0) is 17.7 Å². The zero-order valence-corrected chi connectivity index (χ0v) is 9.83. The summed E-state index contributed by atoms with van der Waals surface area (Å²) in [5.41, 5.74) is 2.01. The predicted octanol–water partition coefficient (Wildman–Crippen LogP) is 3.46. The molecule has 0 aliphatic rings. The molecule has 0 heterocycles. The molecule has 2 aromatic carbocycles. The van der Waals surface area contributed by atoms with E-state index in [1.165, 1.54) is 0 Å². The first-order chi connectivity index (χ1) is 7.83. The minimum atomic E-state index is 0.816. The molecule has 0 bridgehead atoms. The molecular formula is C14H12OS. The molecule has 0 amide bonds. The quantitative estimate of drug-likeness (QED) is 0.587. The lowest BCUT2D eigenvalue weighted by Crippen LogP contribution is -2.01. The van der Waals surface area contributed by atoms with Gasteiger partial charge in [-0.1, -0.05) is 54.7 Å². The Morgan fingerprint density at radius 2 is 1.56 bits per heavy atom. The van der Waals surface area contributed by atoms with Crippen LogP contribution in [0.5, 0.6) is 5.75 Å². The van der Waals surface area contributed by atoms with Gasteiger partial charge in [-0.3, -0.25) is 0 Å². The van der Waals surface area contributed by atoms with E-state index in [-0.39, 0.29) is 0 Å². The standard InChI is InChI=1S/C14H12OS/c1-15-13-10-6-5-9-12(13)14(16)11-7-3-2-4-8-11/h2-10H,1H3. The summed E-state index contributed by atoms with van der Waals surface area (Å²) < 4.78 is 5.30. The fourth-order valence-electron chi connectivity index (χ4n) is 1.58. The summed E-state index contributed by atoms with van der Waals surface area (Å²) in [4.78, 5) is 0.818. The minimum absolute atomic E-state index is 0.816. The summed E-state index contributed by atoms with van der Waals surface area (Å²) in [7, 11) is 1.66. The maximum atomic E-state index is 5.46. The van der Waals surface area contributed by atoms with Crippen LogP contribution in [0.3, 0.4) is 0 Å². The number of hydrogen-bond donors (Lipinski definition) is 0. The first-order valence-electron chi connectivity index (χ1n) is 5.05. The van der Waals surface area contributed by atoms with Crippen LogP contribution >= 0.6 is 12.2 Å². The van der Waals surface area contributed by atoms with Gasteiger partial charge < -0.3 is 4.74 Å². The number of rotatable bonds is 3. The fraction of sp³-hybridized carbons (Fsp3) is 0.0714. The highest BCUT2D eigenvalue weighted by Gasteiger charge is 2.08. The van der Waals surface area contributed by atoms with Crippen LogP contribution in [-0.2, 0) is 0 Å². The van der Waals surface area contributed by atoms with Crippen LogP contribution < -0.4 is 4.74 Å². The second-order valence-electron chi connectivity index (χ2n) is 3.40. The van der Waals surface area contributed by atoms with Crippen molar-refractivity contribution in [2.45, 2.75) is 0 Å². The maximum Gasteiger partial charge on any atom is 0.127 e. The molecule has 0 atom stereocenters. The van der Waals surface area contributed by atoms with Crippen LogP contribution in [0.4, 0.5) is 0 Å². The number of para-hydroxylation sites is 1. The van der Waals surface area contributed by atoms with Crippen molar-refractivity contribution in [3.8, 4) is 5.75 Å². The smallest absolute Gasteiger partial charge is 0.127 e. The van der Waals surface area contributed by atoms with Crippen molar-refractivity contribution >= 4 is 17.1 Å². The van der Waals surface area contributed by atoms with Gasteiger partial charge in [0.2, 0.25) is 0 Å². The highest BCUT2D eigenvalue weighted by atomic mass is 32.1. The highest BCUT2D eigenvalue weighted by Crippen LogP contribution is 2.21. The second-order valence-corrected chi connectivity index (χ2v) is 3.80. The molecule has 2 heteroatoms.